The van der Waals surface area contributed by atoms with E-state index in [9.17, 15) is 4.79 Å². The van der Waals surface area contributed by atoms with Crippen LogP contribution in [0, 0.1) is 0 Å². The van der Waals surface area contributed by atoms with Gasteiger partial charge in [0.2, 0.25) is 5.91 Å². The molecule has 148 valence electrons. The Balaban J connectivity index is 0.00000338. The minimum atomic E-state index is -0.00664. The number of amides is 1. The number of carbonyl (C=O) groups is 1. The Morgan fingerprint density at radius 2 is 2.23 bits per heavy atom. The van der Waals surface area contributed by atoms with Crippen LogP contribution in [-0.4, -0.2) is 56.7 Å². The van der Waals surface area contributed by atoms with Gasteiger partial charge in [0.15, 0.2) is 5.96 Å². The predicted octanol–water partition coefficient (Wildman–Crippen LogP) is 2.84. The monoisotopic (exact) mass is 494 g/mol. The van der Waals surface area contributed by atoms with Crippen molar-refractivity contribution in [2.24, 2.45) is 4.99 Å². The number of likely N-dealkylation sites (N-methyl/N-ethyl adjacent to an activating group) is 1. The molecule has 0 radical (unpaired) electrons. The summed E-state index contributed by atoms with van der Waals surface area (Å²) in [6.45, 7) is 2.59. The number of halogens is 1. The molecular formula is C18H31IN4O2S. The van der Waals surface area contributed by atoms with Gasteiger partial charge in [-0.05, 0) is 43.6 Å². The first-order chi connectivity index (χ1) is 12.1. The number of ether oxygens (including phenoxy) is 1. The Morgan fingerprint density at radius 1 is 1.38 bits per heavy atom. The summed E-state index contributed by atoms with van der Waals surface area (Å²) in [5, 5.41) is 8.69. The molecule has 2 heterocycles. The quantitative estimate of drug-likeness (QED) is 0.253. The van der Waals surface area contributed by atoms with Crippen LogP contribution in [-0.2, 0) is 16.1 Å². The van der Waals surface area contributed by atoms with Gasteiger partial charge in [0.05, 0.1) is 12.6 Å². The van der Waals surface area contributed by atoms with Crippen molar-refractivity contribution < 1.29 is 9.53 Å². The molecule has 0 aliphatic carbocycles. The average molecular weight is 494 g/mol. The van der Waals surface area contributed by atoms with Gasteiger partial charge in [-0.25, -0.2) is 4.99 Å². The van der Waals surface area contributed by atoms with E-state index in [4.69, 9.17) is 4.74 Å². The van der Waals surface area contributed by atoms with Crippen LogP contribution in [0.5, 0.6) is 0 Å². The van der Waals surface area contributed by atoms with Crippen molar-refractivity contribution in [2.45, 2.75) is 44.8 Å². The highest BCUT2D eigenvalue weighted by molar-refractivity contribution is 14.0. The molecular weight excluding hydrogens is 463 g/mol. The number of guanidine groups is 1. The van der Waals surface area contributed by atoms with Gasteiger partial charge in [-0.15, -0.1) is 35.3 Å². The fourth-order valence-electron chi connectivity index (χ4n) is 2.62. The number of thiophene rings is 1. The number of rotatable bonds is 8. The highest BCUT2D eigenvalue weighted by Crippen LogP contribution is 2.16. The lowest BCUT2D eigenvalue weighted by Crippen LogP contribution is -2.38. The Bertz CT molecular complexity index is 531. The van der Waals surface area contributed by atoms with E-state index in [1.54, 1.807) is 30.3 Å². The summed E-state index contributed by atoms with van der Waals surface area (Å²) in [7, 11) is 3.49. The molecule has 6 nitrogen and oxygen atoms in total. The molecule has 1 aromatic rings. The van der Waals surface area contributed by atoms with Gasteiger partial charge in [0.1, 0.15) is 6.54 Å². The van der Waals surface area contributed by atoms with Crippen LogP contribution in [0.25, 0.3) is 0 Å². The van der Waals surface area contributed by atoms with Crippen LogP contribution in [0.2, 0.25) is 0 Å². The lowest BCUT2D eigenvalue weighted by Gasteiger charge is -2.22. The van der Waals surface area contributed by atoms with Crippen molar-refractivity contribution >= 4 is 47.2 Å². The molecule has 1 aliphatic rings. The van der Waals surface area contributed by atoms with Crippen LogP contribution in [0.15, 0.2) is 22.5 Å². The Labute approximate surface area is 177 Å². The van der Waals surface area contributed by atoms with Crippen molar-refractivity contribution in [1.82, 2.24) is 15.5 Å². The molecule has 2 rings (SSSR count). The zero-order chi connectivity index (χ0) is 17.9. The predicted molar refractivity (Wildman–Crippen MR) is 118 cm³/mol. The van der Waals surface area contributed by atoms with E-state index in [1.165, 1.54) is 24.1 Å². The molecule has 1 amide bonds. The van der Waals surface area contributed by atoms with Gasteiger partial charge < -0.3 is 20.3 Å². The van der Waals surface area contributed by atoms with Gasteiger partial charge in [-0.2, -0.15) is 0 Å². The third kappa shape index (κ3) is 9.18. The summed E-state index contributed by atoms with van der Waals surface area (Å²) in [5.74, 6) is 0.681. The summed E-state index contributed by atoms with van der Waals surface area (Å²) < 4.78 is 5.76. The Morgan fingerprint density at radius 3 is 2.88 bits per heavy atom. The van der Waals surface area contributed by atoms with Gasteiger partial charge in [-0.3, -0.25) is 4.79 Å². The Hall–Kier alpha value is -0.870. The number of nitrogens with one attached hydrogen (secondary N) is 2. The van der Waals surface area contributed by atoms with Crippen LogP contribution in [0.3, 0.4) is 0 Å². The van der Waals surface area contributed by atoms with Crippen LogP contribution >= 0.6 is 35.3 Å². The topological polar surface area (TPSA) is 66.0 Å². The van der Waals surface area contributed by atoms with E-state index >= 15 is 0 Å². The smallest absolute Gasteiger partial charge is 0.243 e. The Kier molecular flexibility index (Phi) is 11.9. The second-order valence-electron chi connectivity index (χ2n) is 6.44. The third-order valence-corrected chi connectivity index (χ3v) is 5.03. The molecule has 1 atom stereocenters. The maximum absolute atomic E-state index is 11.8. The molecule has 1 aliphatic heterocycles. The summed E-state index contributed by atoms with van der Waals surface area (Å²) in [6.07, 6.45) is 6.16. The summed E-state index contributed by atoms with van der Waals surface area (Å²) in [4.78, 5) is 19.0. The lowest BCUT2D eigenvalue weighted by molar-refractivity contribution is -0.127. The second kappa shape index (κ2) is 13.3. The van der Waals surface area contributed by atoms with E-state index in [-0.39, 0.29) is 36.4 Å². The van der Waals surface area contributed by atoms with Crippen LogP contribution < -0.4 is 10.6 Å². The molecule has 1 saturated heterocycles. The molecule has 0 spiro atoms. The van der Waals surface area contributed by atoms with Crippen molar-refractivity contribution in [3.8, 4) is 0 Å². The van der Waals surface area contributed by atoms with E-state index < -0.39 is 0 Å². The summed E-state index contributed by atoms with van der Waals surface area (Å²) >= 11 is 1.70. The highest BCUT2D eigenvalue weighted by atomic mass is 127. The third-order valence-electron chi connectivity index (χ3n) is 4.15. The lowest BCUT2D eigenvalue weighted by atomic mass is 10.0. The zero-order valence-electron chi connectivity index (χ0n) is 15.7. The first-order valence-electron chi connectivity index (χ1n) is 9.01. The minimum absolute atomic E-state index is 0. The maximum atomic E-state index is 11.8. The number of aliphatic imine (C=N–C) groups is 1. The van der Waals surface area contributed by atoms with E-state index in [0.717, 1.165) is 26.0 Å². The molecule has 0 aromatic carbocycles. The largest absolute Gasteiger partial charge is 0.378 e. The first-order valence-corrected chi connectivity index (χ1v) is 9.89. The van der Waals surface area contributed by atoms with Crippen LogP contribution in [0.4, 0.5) is 0 Å². The number of carbonyl (C=O) groups excluding carboxylic acids is 1. The normalized spacial score (nSPS) is 17.3. The van der Waals surface area contributed by atoms with E-state index in [1.807, 2.05) is 6.07 Å². The van der Waals surface area contributed by atoms with Gasteiger partial charge in [0, 0.05) is 32.1 Å². The fraction of sp³-hybridized carbons (Fsp3) is 0.667. The fourth-order valence-corrected chi connectivity index (χ4v) is 3.26. The van der Waals surface area contributed by atoms with Gasteiger partial charge >= 0.3 is 0 Å². The average Bonchev–Trinajstić information content (AvgIpc) is 3.14. The molecule has 1 unspecified atom stereocenters. The SMILES string of the molecule is CN(C)C(=O)CN=C(NCCCC1CCCCO1)NCc1cccs1.I. The van der Waals surface area contributed by atoms with E-state index in [0.29, 0.717) is 18.6 Å². The van der Waals surface area contributed by atoms with Crippen molar-refractivity contribution in [3.63, 3.8) is 0 Å². The van der Waals surface area contributed by atoms with E-state index in [2.05, 4.69) is 27.1 Å². The summed E-state index contributed by atoms with van der Waals surface area (Å²) in [6, 6.07) is 4.12. The standard InChI is InChI=1S/C18H30N4O2S.HI/c1-22(2)17(23)14-21-18(20-13-16-9-6-12-25-16)19-10-5-8-15-7-3-4-11-24-15;/h6,9,12,15H,3-5,7-8,10-11,13-14H2,1-2H3,(H2,19,20,21);1H. The number of hydrogen-bond donors (Lipinski definition) is 2. The maximum Gasteiger partial charge on any atom is 0.243 e. The molecule has 0 bridgehead atoms. The second-order valence-corrected chi connectivity index (χ2v) is 7.48. The zero-order valence-corrected chi connectivity index (χ0v) is 18.8. The molecule has 8 heteroatoms. The molecule has 2 N–H and O–H groups in total. The molecule has 1 fully saturated rings. The molecule has 26 heavy (non-hydrogen) atoms. The molecule has 0 saturated carbocycles. The highest BCUT2D eigenvalue weighted by Gasteiger charge is 2.13. The van der Waals surface area contributed by atoms with Crippen molar-refractivity contribution in [1.29, 1.82) is 0 Å². The number of hydrogen-bond acceptors (Lipinski definition) is 4. The van der Waals surface area contributed by atoms with Gasteiger partial charge in [0.25, 0.3) is 0 Å². The molecule has 1 aromatic heterocycles. The first kappa shape index (κ1) is 23.2. The van der Waals surface area contributed by atoms with Gasteiger partial charge in [-0.1, -0.05) is 6.07 Å². The van der Waals surface area contributed by atoms with Crippen molar-refractivity contribution in [2.75, 3.05) is 33.8 Å². The van der Waals surface area contributed by atoms with Crippen molar-refractivity contribution in [3.05, 3.63) is 22.4 Å². The number of nitrogens with zero attached hydrogens (tertiary/aromatic N) is 2. The summed E-state index contributed by atoms with van der Waals surface area (Å²) in [5.41, 5.74) is 0. The minimum Gasteiger partial charge on any atom is -0.378 e. The van der Waals surface area contributed by atoms with Crippen LogP contribution in [0.1, 0.15) is 37.0 Å².